The molecule has 4 rings (SSSR count). The van der Waals surface area contributed by atoms with Gasteiger partial charge in [-0.25, -0.2) is 0 Å². The van der Waals surface area contributed by atoms with Gasteiger partial charge >= 0.3 is 0 Å². The van der Waals surface area contributed by atoms with E-state index in [1.807, 2.05) is 37.4 Å². The van der Waals surface area contributed by atoms with E-state index in [1.54, 1.807) is 40.4 Å². The van der Waals surface area contributed by atoms with E-state index in [4.69, 9.17) is 4.74 Å². The van der Waals surface area contributed by atoms with Gasteiger partial charge in [0.2, 0.25) is 5.91 Å². The Balaban J connectivity index is 1.60. The lowest BCUT2D eigenvalue weighted by molar-refractivity contribution is -0.133. The zero-order valence-corrected chi connectivity index (χ0v) is 18.6. The van der Waals surface area contributed by atoms with Gasteiger partial charge in [0, 0.05) is 37.1 Å². The van der Waals surface area contributed by atoms with Gasteiger partial charge in [-0.3, -0.25) is 9.59 Å². The molecule has 2 aromatic carbocycles. The molecule has 1 aromatic heterocycles. The van der Waals surface area contributed by atoms with Crippen molar-refractivity contribution in [3.63, 3.8) is 0 Å². The van der Waals surface area contributed by atoms with Crippen molar-refractivity contribution in [1.82, 2.24) is 9.80 Å². The smallest absolute Gasteiger partial charge is 0.254 e. The third-order valence-corrected chi connectivity index (χ3v) is 6.65. The fraction of sp³-hybridized carbons (Fsp3) is 0.280. The predicted octanol–water partition coefficient (Wildman–Crippen LogP) is 4.20. The number of likely N-dealkylation sites (N-methyl/N-ethyl adjacent to an activating group) is 1. The number of hydrogen-bond donors (Lipinski definition) is 0. The van der Waals surface area contributed by atoms with E-state index < -0.39 is 0 Å². The minimum atomic E-state index is -0.289. The number of ether oxygens (including phenoxy) is 1. The molecule has 0 spiro atoms. The quantitative estimate of drug-likeness (QED) is 0.605. The van der Waals surface area contributed by atoms with E-state index in [0.29, 0.717) is 37.4 Å². The van der Waals surface area contributed by atoms with Gasteiger partial charge in [0.1, 0.15) is 5.75 Å². The lowest BCUT2D eigenvalue weighted by Crippen LogP contribution is -2.37. The SMILES string of the molecule is COc1cccc(C(=O)N2CCN(C)C(=O)[C@@H](Cc3ccccc3-c3cccs3)C2)c1. The molecule has 0 N–H and O–H groups in total. The molecule has 3 aromatic rings. The van der Waals surface area contributed by atoms with E-state index in [2.05, 4.69) is 23.6 Å². The summed E-state index contributed by atoms with van der Waals surface area (Å²) in [4.78, 5) is 31.1. The monoisotopic (exact) mass is 434 g/mol. The van der Waals surface area contributed by atoms with Crippen LogP contribution in [0.1, 0.15) is 15.9 Å². The van der Waals surface area contributed by atoms with E-state index in [9.17, 15) is 9.59 Å². The van der Waals surface area contributed by atoms with E-state index in [0.717, 1.165) is 11.1 Å². The molecule has 0 bridgehead atoms. The molecule has 1 saturated heterocycles. The molecule has 1 atom stereocenters. The van der Waals surface area contributed by atoms with Crippen LogP contribution in [0.15, 0.2) is 66.0 Å². The van der Waals surface area contributed by atoms with Crippen molar-refractivity contribution in [1.29, 1.82) is 0 Å². The summed E-state index contributed by atoms with van der Waals surface area (Å²) in [6.45, 7) is 1.44. The number of benzene rings is 2. The first-order chi connectivity index (χ1) is 15.1. The van der Waals surface area contributed by atoms with Gasteiger partial charge in [0.15, 0.2) is 0 Å². The summed E-state index contributed by atoms with van der Waals surface area (Å²) in [7, 11) is 3.41. The second kappa shape index (κ2) is 9.35. The first kappa shape index (κ1) is 21.1. The van der Waals surface area contributed by atoms with E-state index in [-0.39, 0.29) is 17.7 Å². The molecule has 1 fully saturated rings. The standard InChI is InChI=1S/C25H26N2O3S/c1-26-12-13-27(25(29)19-8-5-9-21(16-19)30-2)17-20(24(26)28)15-18-7-3-4-10-22(18)23-11-6-14-31-23/h3-11,14,16,20H,12-13,15,17H2,1-2H3/t20-/m0/s1. The van der Waals surface area contributed by atoms with Crippen LogP contribution in [0.25, 0.3) is 10.4 Å². The van der Waals surface area contributed by atoms with E-state index in [1.165, 1.54) is 4.88 Å². The first-order valence-electron chi connectivity index (χ1n) is 10.4. The normalized spacial score (nSPS) is 16.8. The average molecular weight is 435 g/mol. The number of methoxy groups -OCH3 is 1. The Morgan fingerprint density at radius 3 is 2.71 bits per heavy atom. The lowest BCUT2D eigenvalue weighted by atomic mass is 9.93. The van der Waals surface area contributed by atoms with Crippen molar-refractivity contribution in [2.24, 2.45) is 5.92 Å². The zero-order chi connectivity index (χ0) is 21.8. The molecule has 0 saturated carbocycles. The van der Waals surface area contributed by atoms with Crippen molar-refractivity contribution in [3.8, 4) is 16.2 Å². The van der Waals surface area contributed by atoms with Crippen molar-refractivity contribution in [2.45, 2.75) is 6.42 Å². The van der Waals surface area contributed by atoms with Gasteiger partial charge < -0.3 is 14.5 Å². The third-order valence-electron chi connectivity index (χ3n) is 5.75. The second-order valence-electron chi connectivity index (χ2n) is 7.78. The molecule has 5 nitrogen and oxygen atoms in total. The van der Waals surface area contributed by atoms with Gasteiger partial charge in [-0.15, -0.1) is 11.3 Å². The van der Waals surface area contributed by atoms with Crippen molar-refractivity contribution in [2.75, 3.05) is 33.8 Å². The van der Waals surface area contributed by atoms with Crippen molar-refractivity contribution in [3.05, 3.63) is 77.2 Å². The maximum Gasteiger partial charge on any atom is 0.254 e. The maximum absolute atomic E-state index is 13.2. The molecule has 0 radical (unpaired) electrons. The number of amides is 2. The minimum Gasteiger partial charge on any atom is -0.497 e. The Hall–Kier alpha value is -3.12. The van der Waals surface area contributed by atoms with Crippen LogP contribution >= 0.6 is 11.3 Å². The molecule has 160 valence electrons. The van der Waals surface area contributed by atoms with Gasteiger partial charge in [-0.05, 0) is 47.2 Å². The van der Waals surface area contributed by atoms with Crippen LogP contribution in [0.3, 0.4) is 0 Å². The second-order valence-corrected chi connectivity index (χ2v) is 8.73. The van der Waals surface area contributed by atoms with Gasteiger partial charge in [0.05, 0.1) is 13.0 Å². The summed E-state index contributed by atoms with van der Waals surface area (Å²) in [5.74, 6) is 0.374. The molecule has 0 aliphatic carbocycles. The molecule has 1 aliphatic heterocycles. The highest BCUT2D eigenvalue weighted by Gasteiger charge is 2.31. The number of carbonyl (C=O) groups excluding carboxylic acids is 2. The van der Waals surface area contributed by atoms with Gasteiger partial charge in [-0.2, -0.15) is 0 Å². The summed E-state index contributed by atoms with van der Waals surface area (Å²) in [6.07, 6.45) is 0.596. The summed E-state index contributed by atoms with van der Waals surface area (Å²) in [5.41, 5.74) is 2.87. The summed E-state index contributed by atoms with van der Waals surface area (Å²) in [5, 5.41) is 2.06. The number of rotatable bonds is 5. The number of hydrogen-bond acceptors (Lipinski definition) is 4. The fourth-order valence-corrected chi connectivity index (χ4v) is 4.83. The van der Waals surface area contributed by atoms with Crippen LogP contribution in [0, 0.1) is 5.92 Å². The summed E-state index contributed by atoms with van der Waals surface area (Å²) >= 11 is 1.69. The summed E-state index contributed by atoms with van der Waals surface area (Å²) in [6, 6.07) is 19.5. The number of thiophene rings is 1. The van der Waals surface area contributed by atoms with Crippen molar-refractivity contribution >= 4 is 23.2 Å². The lowest BCUT2D eigenvalue weighted by Gasteiger charge is -2.24. The molecule has 6 heteroatoms. The van der Waals surface area contributed by atoms with E-state index >= 15 is 0 Å². The van der Waals surface area contributed by atoms with Gasteiger partial charge in [0.25, 0.3) is 5.91 Å². The fourth-order valence-electron chi connectivity index (χ4n) is 4.04. The Morgan fingerprint density at radius 2 is 1.94 bits per heavy atom. The Bertz CT molecular complexity index is 1060. The van der Waals surface area contributed by atoms with Crippen LogP contribution in [0.2, 0.25) is 0 Å². The molecule has 1 aliphatic rings. The molecule has 2 heterocycles. The minimum absolute atomic E-state index is 0.0708. The number of nitrogens with zero attached hydrogens (tertiary/aromatic N) is 2. The Kier molecular flexibility index (Phi) is 6.37. The van der Waals surface area contributed by atoms with Crippen LogP contribution < -0.4 is 4.74 Å². The highest BCUT2D eigenvalue weighted by molar-refractivity contribution is 7.13. The van der Waals surface area contributed by atoms with Crippen LogP contribution in [-0.2, 0) is 11.2 Å². The predicted molar refractivity (Wildman–Crippen MR) is 123 cm³/mol. The maximum atomic E-state index is 13.2. The molecule has 0 unspecified atom stereocenters. The Morgan fingerprint density at radius 1 is 1.10 bits per heavy atom. The molecule has 31 heavy (non-hydrogen) atoms. The van der Waals surface area contributed by atoms with Crippen LogP contribution in [0.5, 0.6) is 5.75 Å². The van der Waals surface area contributed by atoms with Crippen molar-refractivity contribution < 1.29 is 14.3 Å². The third kappa shape index (κ3) is 4.64. The molecular formula is C25H26N2O3S. The Labute approximate surface area is 186 Å². The highest BCUT2D eigenvalue weighted by atomic mass is 32.1. The van der Waals surface area contributed by atoms with Gasteiger partial charge in [-0.1, -0.05) is 36.4 Å². The largest absolute Gasteiger partial charge is 0.497 e. The van der Waals surface area contributed by atoms with Crippen LogP contribution in [-0.4, -0.2) is 55.4 Å². The zero-order valence-electron chi connectivity index (χ0n) is 17.8. The summed E-state index contributed by atoms with van der Waals surface area (Å²) < 4.78 is 5.27. The van der Waals surface area contributed by atoms with Crippen LogP contribution in [0.4, 0.5) is 0 Å². The first-order valence-corrected chi connectivity index (χ1v) is 11.2. The number of carbonyl (C=O) groups is 2. The molecular weight excluding hydrogens is 408 g/mol. The molecule has 2 amide bonds. The average Bonchev–Trinajstić information content (AvgIpc) is 3.30. The topological polar surface area (TPSA) is 49.9 Å². The highest BCUT2D eigenvalue weighted by Crippen LogP contribution is 2.30.